The lowest BCUT2D eigenvalue weighted by atomic mass is 10.5. The Morgan fingerprint density at radius 1 is 1.53 bits per heavy atom. The van der Waals surface area contributed by atoms with Gasteiger partial charge in [0.1, 0.15) is 0 Å². The van der Waals surface area contributed by atoms with Gasteiger partial charge in [-0.1, -0.05) is 11.8 Å². The number of thioether (sulfide) groups is 1. The highest BCUT2D eigenvalue weighted by Gasteiger charge is 2.05. The van der Waals surface area contributed by atoms with Crippen LogP contribution in [0.4, 0.5) is 0 Å². The number of nitrogens with zero attached hydrogens (tertiary/aromatic N) is 4. The molecule has 0 atom stereocenters. The van der Waals surface area contributed by atoms with E-state index < -0.39 is 0 Å². The van der Waals surface area contributed by atoms with Crippen molar-refractivity contribution in [3.05, 3.63) is 30.4 Å². The summed E-state index contributed by atoms with van der Waals surface area (Å²) in [4.78, 5) is 4.21. The van der Waals surface area contributed by atoms with Gasteiger partial charge in [0.2, 0.25) is 0 Å². The van der Waals surface area contributed by atoms with Crippen molar-refractivity contribution in [2.24, 2.45) is 7.05 Å². The molecule has 15 heavy (non-hydrogen) atoms. The molecule has 2 heterocycles. The number of imidazole rings is 1. The molecule has 0 amide bonds. The van der Waals surface area contributed by atoms with Crippen molar-refractivity contribution >= 4 is 11.8 Å². The third-order valence-corrected chi connectivity index (χ3v) is 3.12. The molecule has 0 radical (unpaired) electrons. The van der Waals surface area contributed by atoms with Crippen LogP contribution in [-0.4, -0.2) is 24.4 Å². The Labute approximate surface area is 91.7 Å². The van der Waals surface area contributed by atoms with E-state index in [9.17, 15) is 0 Å². The zero-order valence-corrected chi connectivity index (χ0v) is 9.18. The largest absolute Gasteiger partial charge is 0.390 e. The van der Waals surface area contributed by atoms with Crippen LogP contribution in [0.15, 0.2) is 29.8 Å². The molecule has 6 heteroatoms. The number of aliphatic hydroxyl groups excluding tert-OH is 1. The van der Waals surface area contributed by atoms with E-state index in [0.29, 0.717) is 0 Å². The predicted molar refractivity (Wildman–Crippen MR) is 57.2 cm³/mol. The quantitative estimate of drug-likeness (QED) is 0.783. The second kappa shape index (κ2) is 4.50. The number of aromatic nitrogens is 4. The van der Waals surface area contributed by atoms with Crippen LogP contribution >= 0.6 is 11.8 Å². The van der Waals surface area contributed by atoms with E-state index in [1.165, 1.54) is 0 Å². The lowest BCUT2D eigenvalue weighted by Crippen LogP contribution is -2.00. The Morgan fingerprint density at radius 3 is 3.00 bits per heavy atom. The molecule has 80 valence electrons. The summed E-state index contributed by atoms with van der Waals surface area (Å²) in [6.07, 6.45) is 5.34. The van der Waals surface area contributed by atoms with Gasteiger partial charge in [0, 0.05) is 19.4 Å². The van der Waals surface area contributed by atoms with Gasteiger partial charge in [-0.05, 0) is 6.07 Å². The molecule has 0 aliphatic heterocycles. The molecule has 2 rings (SSSR count). The molecule has 1 N–H and O–H groups in total. The van der Waals surface area contributed by atoms with Gasteiger partial charge in [0.25, 0.3) is 0 Å². The number of hydrogen-bond acceptors (Lipinski definition) is 4. The summed E-state index contributed by atoms with van der Waals surface area (Å²) in [6, 6.07) is 1.89. The topological polar surface area (TPSA) is 55.9 Å². The van der Waals surface area contributed by atoms with Crippen molar-refractivity contribution in [2.75, 3.05) is 0 Å². The lowest BCUT2D eigenvalue weighted by Gasteiger charge is -2.03. The summed E-state index contributed by atoms with van der Waals surface area (Å²) in [5.41, 5.74) is 0.818. The van der Waals surface area contributed by atoms with Gasteiger partial charge in [-0.25, -0.2) is 4.98 Å². The molecule has 2 aromatic heterocycles. The zero-order valence-electron chi connectivity index (χ0n) is 8.37. The number of aliphatic hydroxyl groups is 1. The first-order valence-electron chi connectivity index (χ1n) is 4.53. The van der Waals surface area contributed by atoms with E-state index in [1.54, 1.807) is 24.2 Å². The lowest BCUT2D eigenvalue weighted by molar-refractivity contribution is 0.271. The summed E-state index contributed by atoms with van der Waals surface area (Å²) in [7, 11) is 1.89. The highest BCUT2D eigenvalue weighted by molar-refractivity contribution is 7.98. The van der Waals surface area contributed by atoms with E-state index in [1.807, 2.05) is 28.6 Å². The number of hydrogen-bond donors (Lipinski definition) is 1. The molecule has 0 spiro atoms. The maximum Gasteiger partial charge on any atom is 0.169 e. The van der Waals surface area contributed by atoms with Crippen molar-refractivity contribution in [1.82, 2.24) is 19.3 Å². The molecule has 0 saturated carbocycles. The summed E-state index contributed by atoms with van der Waals surface area (Å²) >= 11 is 1.58. The van der Waals surface area contributed by atoms with Crippen molar-refractivity contribution in [1.29, 1.82) is 0 Å². The van der Waals surface area contributed by atoms with Crippen molar-refractivity contribution < 1.29 is 5.11 Å². The average molecular weight is 224 g/mol. The Bertz CT molecular complexity index is 423. The van der Waals surface area contributed by atoms with E-state index in [0.717, 1.165) is 16.7 Å². The minimum Gasteiger partial charge on any atom is -0.390 e. The SMILES string of the molecule is Cn1c(CO)cnc1SCn1cccn1. The third-order valence-electron chi connectivity index (χ3n) is 2.09. The Balaban J connectivity index is 2.02. The minimum atomic E-state index is 0.0197. The number of rotatable bonds is 4. The highest BCUT2D eigenvalue weighted by atomic mass is 32.2. The molecule has 0 fully saturated rings. The molecule has 0 saturated heterocycles. The van der Waals surface area contributed by atoms with Crippen LogP contribution in [0.3, 0.4) is 0 Å². The Kier molecular flexibility index (Phi) is 3.08. The van der Waals surface area contributed by atoms with Gasteiger partial charge in [0.15, 0.2) is 5.16 Å². The first kappa shape index (κ1) is 10.3. The van der Waals surface area contributed by atoms with Crippen LogP contribution < -0.4 is 0 Å². The Hall–Kier alpha value is -1.27. The second-order valence-electron chi connectivity index (χ2n) is 3.07. The molecular formula is C9H12N4OS. The van der Waals surface area contributed by atoms with E-state index in [-0.39, 0.29) is 6.61 Å². The summed E-state index contributed by atoms with van der Waals surface area (Å²) in [5, 5.41) is 14.0. The van der Waals surface area contributed by atoms with Gasteiger partial charge >= 0.3 is 0 Å². The van der Waals surface area contributed by atoms with E-state index in [2.05, 4.69) is 10.1 Å². The van der Waals surface area contributed by atoms with Crippen LogP contribution in [0.1, 0.15) is 5.69 Å². The van der Waals surface area contributed by atoms with E-state index in [4.69, 9.17) is 5.11 Å². The normalized spacial score (nSPS) is 10.8. The van der Waals surface area contributed by atoms with Crippen LogP contribution in [0.25, 0.3) is 0 Å². The molecule has 0 aliphatic rings. The third kappa shape index (κ3) is 2.21. The van der Waals surface area contributed by atoms with Gasteiger partial charge < -0.3 is 9.67 Å². The predicted octanol–water partition coefficient (Wildman–Crippen LogP) is 0.859. The second-order valence-corrected chi connectivity index (χ2v) is 3.98. The molecule has 5 nitrogen and oxygen atoms in total. The van der Waals surface area contributed by atoms with Crippen LogP contribution in [0, 0.1) is 0 Å². The summed E-state index contributed by atoms with van der Waals surface area (Å²) < 4.78 is 3.71. The Morgan fingerprint density at radius 2 is 2.40 bits per heavy atom. The average Bonchev–Trinajstić information content (AvgIpc) is 2.85. The summed E-state index contributed by atoms with van der Waals surface area (Å²) in [6.45, 7) is 0.0197. The first-order valence-corrected chi connectivity index (χ1v) is 5.51. The maximum atomic E-state index is 9.00. The minimum absolute atomic E-state index is 0.0197. The smallest absolute Gasteiger partial charge is 0.169 e. The van der Waals surface area contributed by atoms with Crippen molar-refractivity contribution in [3.63, 3.8) is 0 Å². The molecule has 2 aromatic rings. The fraction of sp³-hybridized carbons (Fsp3) is 0.333. The molecule has 0 bridgehead atoms. The highest BCUT2D eigenvalue weighted by Crippen LogP contribution is 2.18. The van der Waals surface area contributed by atoms with Crippen LogP contribution in [0.5, 0.6) is 0 Å². The van der Waals surface area contributed by atoms with Crippen molar-refractivity contribution in [2.45, 2.75) is 17.6 Å². The first-order chi connectivity index (χ1) is 7.31. The van der Waals surface area contributed by atoms with Gasteiger partial charge in [-0.15, -0.1) is 0 Å². The zero-order chi connectivity index (χ0) is 10.7. The fourth-order valence-corrected chi connectivity index (χ4v) is 2.05. The standard InChI is InChI=1S/C9H12N4OS/c1-12-8(6-14)5-10-9(12)15-7-13-4-2-3-11-13/h2-5,14H,6-7H2,1H3. The summed E-state index contributed by atoms with van der Waals surface area (Å²) in [5.74, 6) is 0.725. The van der Waals surface area contributed by atoms with Crippen LogP contribution in [-0.2, 0) is 19.5 Å². The van der Waals surface area contributed by atoms with Gasteiger partial charge in [-0.2, -0.15) is 5.10 Å². The van der Waals surface area contributed by atoms with Crippen LogP contribution in [0.2, 0.25) is 0 Å². The molecular weight excluding hydrogens is 212 g/mol. The molecule has 0 unspecified atom stereocenters. The van der Waals surface area contributed by atoms with Crippen molar-refractivity contribution in [3.8, 4) is 0 Å². The van der Waals surface area contributed by atoms with Gasteiger partial charge in [0.05, 0.1) is 24.4 Å². The van der Waals surface area contributed by atoms with Gasteiger partial charge in [-0.3, -0.25) is 4.68 Å². The molecule has 0 aliphatic carbocycles. The maximum absolute atomic E-state index is 9.00. The monoisotopic (exact) mass is 224 g/mol. The molecule has 0 aromatic carbocycles. The fourth-order valence-electron chi connectivity index (χ4n) is 1.21. The van der Waals surface area contributed by atoms with E-state index >= 15 is 0 Å².